The number of quaternary nitrogens is 1. The standard InChI is InChI=1S/C6H11NO5.C6H13NO3.C2H4O2/c1-3-2-4(7(10)11)5(8)6(9)12-3;1-3-2-4(7)5(8)6(9)10-3;1-2(3)4/h3-6,8-9H,2H2,1H3;3-6,8-9H,2,7H2,1H3;1H3,(H,3,4)/p+1/t2*3?,4?,5?,6-;/m00./s1. The highest BCUT2D eigenvalue weighted by Crippen LogP contribution is 2.20. The normalized spacial score (nSPS) is 39.5. The molecule has 154 valence electrons. The van der Waals surface area contributed by atoms with Crippen LogP contribution in [0.1, 0.15) is 33.6 Å². The molecule has 12 heteroatoms. The SMILES string of the molecule is CC(=O)O.CC1CC([N+](=O)[O-])C(O)[C@@H](O)O1.CC1CC([NH3+])C(O)[C@@H](O)O1. The lowest BCUT2D eigenvalue weighted by atomic mass is 10.0. The maximum Gasteiger partial charge on any atom is 0.300 e. The summed E-state index contributed by atoms with van der Waals surface area (Å²) in [5, 5.41) is 54.0. The van der Waals surface area contributed by atoms with Gasteiger partial charge in [0.1, 0.15) is 6.04 Å². The lowest BCUT2D eigenvalue weighted by Gasteiger charge is -2.30. The molecule has 2 aliphatic heterocycles. The number of aliphatic carboxylic acids is 1. The van der Waals surface area contributed by atoms with Crippen molar-refractivity contribution in [1.82, 2.24) is 0 Å². The Kier molecular flexibility index (Phi) is 10.7. The van der Waals surface area contributed by atoms with Gasteiger partial charge in [0, 0.05) is 24.7 Å². The van der Waals surface area contributed by atoms with E-state index in [9.17, 15) is 10.1 Å². The summed E-state index contributed by atoms with van der Waals surface area (Å²) in [5.41, 5.74) is 3.69. The minimum absolute atomic E-state index is 0.000833. The predicted octanol–water partition coefficient (Wildman–Crippen LogP) is -2.70. The molecule has 0 aromatic rings. The highest BCUT2D eigenvalue weighted by molar-refractivity contribution is 5.62. The highest BCUT2D eigenvalue weighted by atomic mass is 16.6. The third-order valence-electron chi connectivity index (χ3n) is 3.68. The summed E-state index contributed by atoms with van der Waals surface area (Å²) >= 11 is 0. The Bertz CT molecular complexity index is 435. The lowest BCUT2D eigenvalue weighted by molar-refractivity contribution is -0.550. The molecule has 8 atom stereocenters. The maximum absolute atomic E-state index is 10.3. The van der Waals surface area contributed by atoms with Gasteiger partial charge in [-0.25, -0.2) is 0 Å². The molecule has 0 radical (unpaired) electrons. The Hall–Kier alpha value is -1.41. The number of aliphatic hydroxyl groups excluding tert-OH is 4. The summed E-state index contributed by atoms with van der Waals surface area (Å²) in [6.07, 6.45) is -4.29. The molecule has 8 N–H and O–H groups in total. The highest BCUT2D eigenvalue weighted by Gasteiger charge is 2.42. The van der Waals surface area contributed by atoms with Gasteiger partial charge in [0.15, 0.2) is 24.8 Å². The zero-order chi connectivity index (χ0) is 20.6. The second kappa shape index (κ2) is 11.3. The number of carboxylic acids is 1. The Balaban J connectivity index is 0.000000405. The Morgan fingerprint density at radius 1 is 1.04 bits per heavy atom. The number of aliphatic hydroxyl groups is 4. The topological polar surface area (TPSA) is 207 Å². The van der Waals surface area contributed by atoms with Crippen LogP contribution in [0.15, 0.2) is 0 Å². The van der Waals surface area contributed by atoms with Crippen LogP contribution in [0.3, 0.4) is 0 Å². The molecule has 0 aromatic carbocycles. The van der Waals surface area contributed by atoms with Crippen molar-refractivity contribution in [3.8, 4) is 0 Å². The Labute approximate surface area is 150 Å². The van der Waals surface area contributed by atoms with Crippen molar-refractivity contribution in [1.29, 1.82) is 0 Å². The molecule has 0 aromatic heterocycles. The molecular weight excluding hydrogens is 356 g/mol. The third-order valence-corrected chi connectivity index (χ3v) is 3.68. The first-order chi connectivity index (χ1) is 11.9. The first-order valence-electron chi connectivity index (χ1n) is 8.06. The monoisotopic (exact) mass is 385 g/mol. The number of nitrogens with zero attached hydrogens (tertiary/aromatic N) is 1. The van der Waals surface area contributed by atoms with Crippen LogP contribution in [-0.2, 0) is 14.3 Å². The van der Waals surface area contributed by atoms with Gasteiger partial charge in [0.05, 0.1) is 12.2 Å². The summed E-state index contributed by atoms with van der Waals surface area (Å²) in [4.78, 5) is 18.7. The van der Waals surface area contributed by atoms with E-state index in [1.54, 1.807) is 6.92 Å². The number of carbonyl (C=O) groups is 1. The van der Waals surface area contributed by atoms with E-state index in [1.807, 2.05) is 6.92 Å². The van der Waals surface area contributed by atoms with E-state index in [-0.39, 0.29) is 18.6 Å². The van der Waals surface area contributed by atoms with Crippen LogP contribution < -0.4 is 5.73 Å². The van der Waals surface area contributed by atoms with E-state index < -0.39 is 47.8 Å². The molecule has 2 saturated heterocycles. The van der Waals surface area contributed by atoms with E-state index in [1.165, 1.54) is 0 Å². The van der Waals surface area contributed by atoms with Crippen LogP contribution in [0, 0.1) is 10.1 Å². The zero-order valence-electron chi connectivity index (χ0n) is 15.0. The van der Waals surface area contributed by atoms with Crippen molar-refractivity contribution in [2.75, 3.05) is 0 Å². The van der Waals surface area contributed by atoms with Crippen molar-refractivity contribution < 1.29 is 50.5 Å². The summed E-state index contributed by atoms with van der Waals surface area (Å²) in [6, 6.07) is -1.23. The first kappa shape index (κ1) is 24.6. The van der Waals surface area contributed by atoms with Gasteiger partial charge < -0.3 is 40.7 Å². The van der Waals surface area contributed by atoms with Crippen LogP contribution in [0.4, 0.5) is 0 Å². The number of hydrogen-bond donors (Lipinski definition) is 6. The molecule has 6 unspecified atom stereocenters. The van der Waals surface area contributed by atoms with Crippen LogP contribution >= 0.6 is 0 Å². The molecular formula is C14H29N2O10+. The number of ether oxygens (including phenoxy) is 2. The van der Waals surface area contributed by atoms with E-state index in [2.05, 4.69) is 5.73 Å². The third kappa shape index (κ3) is 8.80. The fourth-order valence-corrected chi connectivity index (χ4v) is 2.43. The van der Waals surface area contributed by atoms with Crippen LogP contribution in [0.5, 0.6) is 0 Å². The predicted molar refractivity (Wildman–Crippen MR) is 85.1 cm³/mol. The van der Waals surface area contributed by atoms with E-state index in [0.29, 0.717) is 6.42 Å². The van der Waals surface area contributed by atoms with Crippen molar-refractivity contribution in [3.63, 3.8) is 0 Å². The smallest absolute Gasteiger partial charge is 0.300 e. The first-order valence-corrected chi connectivity index (χ1v) is 8.06. The fourth-order valence-electron chi connectivity index (χ4n) is 2.43. The Morgan fingerprint density at radius 2 is 1.42 bits per heavy atom. The largest absolute Gasteiger partial charge is 0.481 e. The van der Waals surface area contributed by atoms with Crippen LogP contribution in [0.2, 0.25) is 0 Å². The summed E-state index contributed by atoms with van der Waals surface area (Å²) in [5.74, 6) is -0.833. The molecule has 2 fully saturated rings. The van der Waals surface area contributed by atoms with Crippen molar-refractivity contribution >= 4 is 5.97 Å². The van der Waals surface area contributed by atoms with Gasteiger partial charge in [-0.1, -0.05) is 0 Å². The number of nitro groups is 1. The van der Waals surface area contributed by atoms with Gasteiger partial charge in [-0.3, -0.25) is 14.9 Å². The fraction of sp³-hybridized carbons (Fsp3) is 0.929. The van der Waals surface area contributed by atoms with E-state index >= 15 is 0 Å². The summed E-state index contributed by atoms with van der Waals surface area (Å²) in [6.45, 7) is 4.55. The lowest BCUT2D eigenvalue weighted by Crippen LogP contribution is -2.71. The van der Waals surface area contributed by atoms with Crippen molar-refractivity contribution in [2.24, 2.45) is 0 Å². The summed E-state index contributed by atoms with van der Waals surface area (Å²) in [7, 11) is 0. The second-order valence-corrected chi connectivity index (χ2v) is 6.26. The molecule has 0 bridgehead atoms. The van der Waals surface area contributed by atoms with Crippen molar-refractivity contribution in [2.45, 2.75) is 82.7 Å². The molecule has 26 heavy (non-hydrogen) atoms. The Morgan fingerprint density at radius 3 is 1.81 bits per heavy atom. The van der Waals surface area contributed by atoms with E-state index in [4.69, 9.17) is 39.8 Å². The van der Waals surface area contributed by atoms with Gasteiger partial charge in [-0.15, -0.1) is 0 Å². The molecule has 0 aliphatic carbocycles. The van der Waals surface area contributed by atoms with Gasteiger partial charge >= 0.3 is 0 Å². The van der Waals surface area contributed by atoms with Crippen LogP contribution in [-0.4, -0.2) is 85.5 Å². The number of hydrogen-bond acceptors (Lipinski definition) is 9. The van der Waals surface area contributed by atoms with Gasteiger partial charge in [-0.2, -0.15) is 0 Å². The van der Waals surface area contributed by atoms with Gasteiger partial charge in [-0.05, 0) is 13.8 Å². The molecule has 12 nitrogen and oxygen atoms in total. The average molecular weight is 385 g/mol. The quantitative estimate of drug-likeness (QED) is 0.203. The molecule has 2 rings (SSSR count). The second-order valence-electron chi connectivity index (χ2n) is 6.26. The molecule has 0 spiro atoms. The minimum atomic E-state index is -1.44. The molecule has 0 saturated carbocycles. The molecule has 2 heterocycles. The summed E-state index contributed by atoms with van der Waals surface area (Å²) < 4.78 is 9.71. The zero-order valence-corrected chi connectivity index (χ0v) is 15.0. The van der Waals surface area contributed by atoms with Gasteiger partial charge in [0.2, 0.25) is 6.04 Å². The van der Waals surface area contributed by atoms with E-state index in [0.717, 1.165) is 6.92 Å². The number of carboxylic acid groups (broad SMARTS) is 1. The molecule has 2 aliphatic rings. The molecule has 0 amide bonds. The van der Waals surface area contributed by atoms with Crippen LogP contribution in [0.25, 0.3) is 0 Å². The number of rotatable bonds is 1. The minimum Gasteiger partial charge on any atom is -0.481 e. The van der Waals surface area contributed by atoms with Gasteiger partial charge in [0.25, 0.3) is 5.97 Å². The maximum atomic E-state index is 10.3. The average Bonchev–Trinajstić information content (AvgIpc) is 2.48. The van der Waals surface area contributed by atoms with Crippen molar-refractivity contribution in [3.05, 3.63) is 10.1 Å².